The first-order chi connectivity index (χ1) is 14.7. The summed E-state index contributed by atoms with van der Waals surface area (Å²) >= 11 is 14.4. The van der Waals surface area contributed by atoms with Crippen LogP contribution >= 0.6 is 35.0 Å². The molecule has 6 nitrogen and oxygen atoms in total. The Hall–Kier alpha value is -2.48. The number of nitrogens with two attached hydrogens (primary N) is 2. The third-order valence-corrected chi connectivity index (χ3v) is 5.05. The van der Waals surface area contributed by atoms with Gasteiger partial charge in [-0.2, -0.15) is 11.8 Å². The zero-order chi connectivity index (χ0) is 23.1. The number of aromatic nitrogens is 2. The van der Waals surface area contributed by atoms with Gasteiger partial charge in [0.05, 0.1) is 21.5 Å². The maximum atomic E-state index is 8.45. The summed E-state index contributed by atoms with van der Waals surface area (Å²) in [5.74, 6) is 0.920. The van der Waals surface area contributed by atoms with Crippen molar-refractivity contribution in [2.24, 2.45) is 0 Å². The van der Waals surface area contributed by atoms with Gasteiger partial charge in [0, 0.05) is 34.8 Å². The van der Waals surface area contributed by atoms with Crippen LogP contribution in [0, 0.1) is 12.3 Å². The summed E-state index contributed by atoms with van der Waals surface area (Å²) in [4.78, 5) is 8.16. The van der Waals surface area contributed by atoms with Gasteiger partial charge in [0.15, 0.2) is 0 Å². The molecule has 2 heterocycles. The number of rotatable bonds is 5. The highest BCUT2D eigenvalue weighted by atomic mass is 35.5. The van der Waals surface area contributed by atoms with Crippen LogP contribution in [0.2, 0.25) is 10.0 Å². The highest BCUT2D eigenvalue weighted by molar-refractivity contribution is 7.97. The van der Waals surface area contributed by atoms with Gasteiger partial charge in [0.25, 0.3) is 0 Å². The Labute approximate surface area is 196 Å². The number of thioether (sulfide) groups is 1. The largest absolute Gasteiger partial charge is 0.486 e. The van der Waals surface area contributed by atoms with E-state index in [9.17, 15) is 0 Å². The maximum absolute atomic E-state index is 8.45. The predicted octanol–water partition coefficient (Wildman–Crippen LogP) is 5.79. The van der Waals surface area contributed by atoms with Gasteiger partial charge in [-0.25, -0.2) is 4.98 Å². The number of nitrogens with one attached hydrogen (secondary N) is 1. The Morgan fingerprint density at radius 1 is 1.10 bits per heavy atom. The Bertz CT molecular complexity index is 1060. The standard InChI is InChI=1S/C20H19Cl2N5O.C2H6S/c1-10-19(22)18(15(21)9-26-10)11(2)28-13-4-5-16(23)14(7-13)20(25)12-3-6-17(24)27-8-12;1-3-2/h3-9,11,25H,23H2,1-2H3,(H2,24,27);1-2H3. The molecule has 31 heavy (non-hydrogen) atoms. The molecule has 9 heteroatoms. The van der Waals surface area contributed by atoms with E-state index >= 15 is 0 Å². The van der Waals surface area contributed by atoms with Gasteiger partial charge < -0.3 is 16.2 Å². The minimum atomic E-state index is -0.425. The molecule has 3 aromatic rings. The third kappa shape index (κ3) is 6.26. The number of nitrogen functional groups attached to an aromatic ring is 2. The zero-order valence-corrected chi connectivity index (χ0v) is 20.1. The van der Waals surface area contributed by atoms with Crippen molar-refractivity contribution in [1.82, 2.24) is 9.97 Å². The molecule has 0 aliphatic carbocycles. The molecule has 0 radical (unpaired) electrons. The van der Waals surface area contributed by atoms with Crippen molar-refractivity contribution in [2.75, 3.05) is 24.0 Å². The number of anilines is 2. The highest BCUT2D eigenvalue weighted by Crippen LogP contribution is 2.35. The first-order valence-electron chi connectivity index (χ1n) is 9.27. The second-order valence-electron chi connectivity index (χ2n) is 6.68. The Morgan fingerprint density at radius 3 is 2.39 bits per heavy atom. The van der Waals surface area contributed by atoms with Gasteiger partial charge in [-0.15, -0.1) is 0 Å². The number of halogens is 2. The summed E-state index contributed by atoms with van der Waals surface area (Å²) in [6, 6.07) is 8.50. The molecule has 0 aliphatic heterocycles. The topological polar surface area (TPSA) is 111 Å². The van der Waals surface area contributed by atoms with E-state index in [0.717, 1.165) is 0 Å². The number of pyridine rings is 2. The average Bonchev–Trinajstić information content (AvgIpc) is 2.73. The van der Waals surface area contributed by atoms with E-state index in [-0.39, 0.29) is 5.71 Å². The Kier molecular flexibility index (Phi) is 8.98. The van der Waals surface area contributed by atoms with Crippen molar-refractivity contribution >= 4 is 52.2 Å². The van der Waals surface area contributed by atoms with E-state index in [4.69, 9.17) is 44.8 Å². The number of ether oxygens (including phenoxy) is 1. The van der Waals surface area contributed by atoms with E-state index in [2.05, 4.69) is 9.97 Å². The Morgan fingerprint density at radius 2 is 1.77 bits per heavy atom. The van der Waals surface area contributed by atoms with Gasteiger partial charge >= 0.3 is 0 Å². The molecule has 2 aromatic heterocycles. The number of hydrogen-bond donors (Lipinski definition) is 3. The normalized spacial score (nSPS) is 11.3. The zero-order valence-electron chi connectivity index (χ0n) is 17.7. The molecule has 0 saturated carbocycles. The first-order valence-corrected chi connectivity index (χ1v) is 11.7. The molecule has 0 aliphatic rings. The molecule has 0 saturated heterocycles. The average molecular weight is 478 g/mol. The van der Waals surface area contributed by atoms with Crippen molar-refractivity contribution in [2.45, 2.75) is 20.0 Å². The number of nitrogens with zero attached hydrogens (tertiary/aromatic N) is 2. The molecule has 164 valence electrons. The molecule has 0 spiro atoms. The van der Waals surface area contributed by atoms with Crippen LogP contribution in [0.4, 0.5) is 11.5 Å². The van der Waals surface area contributed by atoms with E-state index in [1.165, 1.54) is 6.20 Å². The van der Waals surface area contributed by atoms with Gasteiger partial charge in [0.1, 0.15) is 17.7 Å². The third-order valence-electron chi connectivity index (χ3n) is 4.27. The molecule has 1 aromatic carbocycles. The van der Waals surface area contributed by atoms with Crippen molar-refractivity contribution in [3.8, 4) is 5.75 Å². The summed E-state index contributed by atoms with van der Waals surface area (Å²) in [6.45, 7) is 3.65. The van der Waals surface area contributed by atoms with Gasteiger partial charge in [-0.1, -0.05) is 23.2 Å². The molecule has 0 bridgehead atoms. The summed E-state index contributed by atoms with van der Waals surface area (Å²) in [7, 11) is 0. The molecule has 5 N–H and O–H groups in total. The van der Waals surface area contributed by atoms with E-state index in [0.29, 0.717) is 49.7 Å². The number of aryl methyl sites for hydroxylation is 1. The fourth-order valence-corrected chi connectivity index (χ4v) is 3.40. The molecular formula is C22H25Cl2N5OS. The molecule has 0 fully saturated rings. The van der Waals surface area contributed by atoms with Crippen LogP contribution in [-0.4, -0.2) is 28.2 Å². The first kappa shape index (κ1) is 24.8. The summed E-state index contributed by atoms with van der Waals surface area (Å²) in [5, 5.41) is 9.35. The minimum absolute atomic E-state index is 0.221. The lowest BCUT2D eigenvalue weighted by Gasteiger charge is -2.19. The summed E-state index contributed by atoms with van der Waals surface area (Å²) in [6.07, 6.45) is 6.74. The molecular weight excluding hydrogens is 453 g/mol. The van der Waals surface area contributed by atoms with Crippen LogP contribution in [0.25, 0.3) is 0 Å². The van der Waals surface area contributed by atoms with Gasteiger partial charge in [0.2, 0.25) is 0 Å². The fraction of sp³-hybridized carbons (Fsp3) is 0.227. The summed E-state index contributed by atoms with van der Waals surface area (Å²) in [5.41, 5.74) is 14.8. The maximum Gasteiger partial charge on any atom is 0.124 e. The smallest absolute Gasteiger partial charge is 0.124 e. The van der Waals surface area contributed by atoms with Crippen molar-refractivity contribution < 1.29 is 4.74 Å². The van der Waals surface area contributed by atoms with Crippen molar-refractivity contribution in [3.63, 3.8) is 0 Å². The monoisotopic (exact) mass is 477 g/mol. The molecule has 0 amide bonds. The quantitative estimate of drug-likeness (QED) is 0.316. The second kappa shape index (κ2) is 11.2. The van der Waals surface area contributed by atoms with Gasteiger partial charge in [-0.05, 0) is 56.7 Å². The van der Waals surface area contributed by atoms with Crippen LogP contribution in [0.15, 0.2) is 42.7 Å². The molecule has 1 unspecified atom stereocenters. The fourth-order valence-electron chi connectivity index (χ4n) is 2.75. The van der Waals surface area contributed by atoms with Crippen LogP contribution < -0.4 is 16.2 Å². The highest BCUT2D eigenvalue weighted by Gasteiger charge is 2.19. The second-order valence-corrected chi connectivity index (χ2v) is 8.28. The van der Waals surface area contributed by atoms with Crippen LogP contribution in [0.3, 0.4) is 0 Å². The molecule has 1 atom stereocenters. The number of benzene rings is 1. The van der Waals surface area contributed by atoms with Gasteiger partial charge in [-0.3, -0.25) is 10.4 Å². The lowest BCUT2D eigenvalue weighted by Crippen LogP contribution is -2.09. The SMILES string of the molecule is CSC.Cc1ncc(Cl)c(C(C)Oc2ccc(N)c(C(=N)c3ccc(N)nc3)c2)c1Cl. The van der Waals surface area contributed by atoms with Crippen LogP contribution in [0.5, 0.6) is 5.75 Å². The molecule has 3 rings (SSSR count). The minimum Gasteiger partial charge on any atom is -0.486 e. The van der Waals surface area contributed by atoms with Crippen molar-refractivity contribution in [1.29, 1.82) is 5.41 Å². The van der Waals surface area contributed by atoms with Crippen molar-refractivity contribution in [3.05, 3.63) is 75.2 Å². The van der Waals surface area contributed by atoms with Crippen LogP contribution in [-0.2, 0) is 0 Å². The van der Waals surface area contributed by atoms with E-state index in [1.54, 1.807) is 55.2 Å². The lowest BCUT2D eigenvalue weighted by molar-refractivity contribution is 0.227. The number of hydrogen-bond acceptors (Lipinski definition) is 7. The summed E-state index contributed by atoms with van der Waals surface area (Å²) < 4.78 is 6.03. The van der Waals surface area contributed by atoms with Crippen LogP contribution in [0.1, 0.15) is 35.4 Å². The van der Waals surface area contributed by atoms with E-state index < -0.39 is 6.10 Å². The lowest BCUT2D eigenvalue weighted by atomic mass is 10.0. The predicted molar refractivity (Wildman–Crippen MR) is 133 cm³/mol. The van der Waals surface area contributed by atoms with E-state index in [1.807, 2.05) is 19.4 Å². The Balaban J connectivity index is 0.00000107.